The molecule has 1 fully saturated rings. The summed E-state index contributed by atoms with van der Waals surface area (Å²) in [7, 11) is 0. The van der Waals surface area contributed by atoms with E-state index in [9.17, 15) is 9.18 Å². The lowest BCUT2D eigenvalue weighted by Gasteiger charge is -2.24. The van der Waals surface area contributed by atoms with Crippen molar-refractivity contribution in [3.63, 3.8) is 0 Å². The fourth-order valence-electron chi connectivity index (χ4n) is 3.23. The number of likely N-dealkylation sites (tertiary alicyclic amines) is 1. The third-order valence-corrected chi connectivity index (χ3v) is 4.71. The first kappa shape index (κ1) is 15.3. The highest BCUT2D eigenvalue weighted by Gasteiger charge is 2.32. The van der Waals surface area contributed by atoms with E-state index in [1.807, 2.05) is 6.07 Å². The van der Waals surface area contributed by atoms with E-state index in [2.05, 4.69) is 26.0 Å². The Hall–Kier alpha value is -2.28. The molecule has 7 heteroatoms. The first-order chi connectivity index (χ1) is 11.6. The zero-order valence-electron chi connectivity index (χ0n) is 12.7. The number of aromatic nitrogens is 3. The Morgan fingerprint density at radius 2 is 2.21 bits per heavy atom. The van der Waals surface area contributed by atoms with Gasteiger partial charge in [-0.15, -0.1) is 0 Å². The number of carbonyl (C=O) groups is 1. The Bertz CT molecular complexity index is 926. The third kappa shape index (κ3) is 2.58. The van der Waals surface area contributed by atoms with Gasteiger partial charge < -0.3 is 4.90 Å². The molecule has 0 N–H and O–H groups in total. The fourth-order valence-corrected chi connectivity index (χ4v) is 3.52. The number of halogens is 2. The van der Waals surface area contributed by atoms with Crippen LogP contribution in [0, 0.1) is 5.82 Å². The summed E-state index contributed by atoms with van der Waals surface area (Å²) in [6, 6.07) is 6.35. The molecule has 0 radical (unpaired) electrons. The molecule has 1 unspecified atom stereocenters. The highest BCUT2D eigenvalue weighted by molar-refractivity contribution is 9.10. The van der Waals surface area contributed by atoms with E-state index in [0.717, 1.165) is 22.9 Å². The van der Waals surface area contributed by atoms with E-state index < -0.39 is 0 Å². The van der Waals surface area contributed by atoms with Gasteiger partial charge in [-0.25, -0.2) is 13.9 Å². The normalized spacial score (nSPS) is 17.6. The largest absolute Gasteiger partial charge is 0.331 e. The van der Waals surface area contributed by atoms with Crippen molar-refractivity contribution in [2.75, 3.05) is 6.54 Å². The lowest BCUT2D eigenvalue weighted by atomic mass is 10.0. The lowest BCUT2D eigenvalue weighted by molar-refractivity contribution is 0.0737. The number of nitrogens with zero attached hydrogens (tertiary/aromatic N) is 4. The van der Waals surface area contributed by atoms with E-state index in [-0.39, 0.29) is 17.8 Å². The van der Waals surface area contributed by atoms with Gasteiger partial charge in [-0.2, -0.15) is 5.10 Å². The molecule has 3 aromatic rings. The summed E-state index contributed by atoms with van der Waals surface area (Å²) in [5.41, 5.74) is 1.81. The first-order valence-corrected chi connectivity index (χ1v) is 8.48. The van der Waals surface area contributed by atoms with Crippen LogP contribution in [0.25, 0.3) is 5.65 Å². The van der Waals surface area contributed by atoms with Gasteiger partial charge in [0.15, 0.2) is 5.65 Å². The van der Waals surface area contributed by atoms with Crippen LogP contribution in [-0.4, -0.2) is 31.9 Å². The molecule has 1 amide bonds. The van der Waals surface area contributed by atoms with E-state index >= 15 is 0 Å². The molecule has 4 rings (SSSR count). The molecule has 1 aliphatic heterocycles. The Morgan fingerprint density at radius 1 is 1.33 bits per heavy atom. The standard InChI is InChI=1S/C17H14BrFN4O/c18-12-8-20-16-14(9-21-23(16)10-12)17(24)22-6-2-5-15(22)11-3-1-4-13(19)7-11/h1,3-4,7-10,15H,2,5-6H2. The van der Waals surface area contributed by atoms with Crippen LogP contribution in [0.5, 0.6) is 0 Å². The van der Waals surface area contributed by atoms with Gasteiger partial charge in [0.2, 0.25) is 0 Å². The maximum absolute atomic E-state index is 13.5. The molecule has 24 heavy (non-hydrogen) atoms. The van der Waals surface area contributed by atoms with Crippen molar-refractivity contribution in [2.24, 2.45) is 0 Å². The van der Waals surface area contributed by atoms with Gasteiger partial charge in [0.25, 0.3) is 5.91 Å². The third-order valence-electron chi connectivity index (χ3n) is 4.30. The smallest absolute Gasteiger partial charge is 0.259 e. The number of hydrogen-bond acceptors (Lipinski definition) is 3. The van der Waals surface area contributed by atoms with Crippen LogP contribution in [0.15, 0.2) is 47.3 Å². The summed E-state index contributed by atoms with van der Waals surface area (Å²) in [5, 5.41) is 4.20. The van der Waals surface area contributed by atoms with Gasteiger partial charge in [0, 0.05) is 18.9 Å². The number of fused-ring (bicyclic) bond motifs is 1. The van der Waals surface area contributed by atoms with Gasteiger partial charge in [-0.05, 0) is 46.5 Å². The monoisotopic (exact) mass is 388 g/mol. The maximum Gasteiger partial charge on any atom is 0.259 e. The number of benzene rings is 1. The van der Waals surface area contributed by atoms with Crippen LogP contribution < -0.4 is 0 Å². The lowest BCUT2D eigenvalue weighted by Crippen LogP contribution is -2.30. The van der Waals surface area contributed by atoms with E-state index in [4.69, 9.17) is 0 Å². The van der Waals surface area contributed by atoms with Crippen molar-refractivity contribution >= 4 is 27.5 Å². The molecule has 1 saturated heterocycles. The average molecular weight is 389 g/mol. The molecule has 3 heterocycles. The van der Waals surface area contributed by atoms with Crippen molar-refractivity contribution in [3.8, 4) is 0 Å². The second-order valence-electron chi connectivity index (χ2n) is 5.81. The first-order valence-electron chi connectivity index (χ1n) is 7.69. The molecule has 122 valence electrons. The highest BCUT2D eigenvalue weighted by Crippen LogP contribution is 2.33. The summed E-state index contributed by atoms with van der Waals surface area (Å²) in [5.74, 6) is -0.402. The highest BCUT2D eigenvalue weighted by atomic mass is 79.9. The molecule has 0 aliphatic carbocycles. The van der Waals surface area contributed by atoms with Crippen LogP contribution in [0.3, 0.4) is 0 Å². The van der Waals surface area contributed by atoms with E-state index in [1.165, 1.54) is 18.3 Å². The topological polar surface area (TPSA) is 50.5 Å². The SMILES string of the molecule is O=C(c1cnn2cc(Br)cnc12)N1CCCC1c1cccc(F)c1. The molecule has 1 aromatic carbocycles. The molecule has 1 atom stereocenters. The summed E-state index contributed by atoms with van der Waals surface area (Å²) in [6.45, 7) is 0.647. The van der Waals surface area contributed by atoms with Crippen LogP contribution in [0.4, 0.5) is 4.39 Å². The quantitative estimate of drug-likeness (QED) is 0.673. The van der Waals surface area contributed by atoms with Crippen molar-refractivity contribution < 1.29 is 9.18 Å². The van der Waals surface area contributed by atoms with Crippen molar-refractivity contribution in [1.29, 1.82) is 0 Å². The van der Waals surface area contributed by atoms with Crippen molar-refractivity contribution in [1.82, 2.24) is 19.5 Å². The molecular formula is C17H14BrFN4O. The second-order valence-corrected chi connectivity index (χ2v) is 6.73. The molecule has 1 aliphatic rings. The Kier molecular flexibility index (Phi) is 3.80. The minimum Gasteiger partial charge on any atom is -0.331 e. The predicted octanol–water partition coefficient (Wildman–Crippen LogP) is 3.61. The van der Waals surface area contributed by atoms with Gasteiger partial charge in [-0.1, -0.05) is 12.1 Å². The predicted molar refractivity (Wildman–Crippen MR) is 90.1 cm³/mol. The van der Waals surface area contributed by atoms with Crippen LogP contribution in [0.1, 0.15) is 34.8 Å². The van der Waals surface area contributed by atoms with Crippen LogP contribution >= 0.6 is 15.9 Å². The zero-order valence-corrected chi connectivity index (χ0v) is 14.3. The summed E-state index contributed by atoms with van der Waals surface area (Å²) < 4.78 is 15.9. The molecule has 0 spiro atoms. The minimum atomic E-state index is -0.283. The summed E-state index contributed by atoms with van der Waals surface area (Å²) >= 11 is 3.34. The average Bonchev–Trinajstić information content (AvgIpc) is 3.20. The molecule has 0 bridgehead atoms. The Balaban J connectivity index is 1.70. The molecule has 5 nitrogen and oxygen atoms in total. The molecule has 0 saturated carbocycles. The van der Waals surface area contributed by atoms with Crippen LogP contribution in [0.2, 0.25) is 0 Å². The summed E-state index contributed by atoms with van der Waals surface area (Å²) in [6.07, 6.45) is 6.66. The van der Waals surface area contributed by atoms with Gasteiger partial charge >= 0.3 is 0 Å². The summed E-state index contributed by atoms with van der Waals surface area (Å²) in [4.78, 5) is 19.1. The van der Waals surface area contributed by atoms with Crippen LogP contribution in [-0.2, 0) is 0 Å². The van der Waals surface area contributed by atoms with Gasteiger partial charge in [-0.3, -0.25) is 4.79 Å². The van der Waals surface area contributed by atoms with Crippen molar-refractivity contribution in [3.05, 3.63) is 64.3 Å². The van der Waals surface area contributed by atoms with E-state index in [0.29, 0.717) is 17.8 Å². The Labute approximate surface area is 146 Å². The Morgan fingerprint density at radius 3 is 3.04 bits per heavy atom. The van der Waals surface area contributed by atoms with Crippen molar-refractivity contribution in [2.45, 2.75) is 18.9 Å². The van der Waals surface area contributed by atoms with Gasteiger partial charge in [0.05, 0.1) is 16.7 Å². The van der Waals surface area contributed by atoms with E-state index in [1.54, 1.807) is 27.9 Å². The van der Waals surface area contributed by atoms with Gasteiger partial charge in [0.1, 0.15) is 11.4 Å². The number of hydrogen-bond donors (Lipinski definition) is 0. The number of amides is 1. The fraction of sp³-hybridized carbons (Fsp3) is 0.235. The number of carbonyl (C=O) groups excluding carboxylic acids is 1. The number of rotatable bonds is 2. The molecular weight excluding hydrogens is 375 g/mol. The maximum atomic E-state index is 13.5. The second kappa shape index (κ2) is 5.98. The molecule has 2 aromatic heterocycles. The minimum absolute atomic E-state index is 0.112. The zero-order chi connectivity index (χ0) is 16.7.